The number of nitrogens with one attached hydrogen (secondary N) is 1. The van der Waals surface area contributed by atoms with E-state index < -0.39 is 0 Å². The minimum absolute atomic E-state index is 0. The van der Waals surface area contributed by atoms with Crippen LogP contribution in [-0.2, 0) is 11.2 Å². The zero-order valence-corrected chi connectivity index (χ0v) is 13.3. The predicted molar refractivity (Wildman–Crippen MR) is 86.9 cm³/mol. The summed E-state index contributed by atoms with van der Waals surface area (Å²) in [6, 6.07) is 8.18. The van der Waals surface area contributed by atoms with E-state index in [-0.39, 0.29) is 24.4 Å². The molecule has 118 valence electrons. The lowest BCUT2D eigenvalue weighted by Crippen LogP contribution is -2.41. The highest BCUT2D eigenvalue weighted by Gasteiger charge is 2.30. The second kappa shape index (κ2) is 8.90. The second-order valence-corrected chi connectivity index (χ2v) is 5.45. The largest absolute Gasteiger partial charge is 0.497 e. The summed E-state index contributed by atoms with van der Waals surface area (Å²) in [7, 11) is 1.66. The van der Waals surface area contributed by atoms with E-state index in [2.05, 4.69) is 5.32 Å². The van der Waals surface area contributed by atoms with Crippen LogP contribution in [0.4, 0.5) is 0 Å². The highest BCUT2D eigenvalue weighted by atomic mass is 35.5. The Bertz CT molecular complexity index is 432. The third-order valence-corrected chi connectivity index (χ3v) is 3.82. The van der Waals surface area contributed by atoms with E-state index >= 15 is 0 Å². The van der Waals surface area contributed by atoms with Crippen LogP contribution in [0.5, 0.6) is 5.75 Å². The molecule has 0 aromatic heterocycles. The van der Waals surface area contributed by atoms with Crippen LogP contribution in [0.1, 0.15) is 31.2 Å². The van der Waals surface area contributed by atoms with Crippen molar-refractivity contribution in [2.45, 2.75) is 38.1 Å². The molecule has 3 N–H and O–H groups in total. The molecule has 4 nitrogen and oxygen atoms in total. The minimum atomic E-state index is 0. The van der Waals surface area contributed by atoms with Gasteiger partial charge in [-0.15, -0.1) is 12.4 Å². The van der Waals surface area contributed by atoms with Crippen molar-refractivity contribution in [2.24, 2.45) is 11.7 Å². The minimum Gasteiger partial charge on any atom is -0.497 e. The normalized spacial score (nSPS) is 15.0. The molecule has 1 aromatic carbocycles. The second-order valence-electron chi connectivity index (χ2n) is 5.45. The Morgan fingerprint density at radius 1 is 1.38 bits per heavy atom. The van der Waals surface area contributed by atoms with Crippen LogP contribution in [0.2, 0.25) is 0 Å². The predicted octanol–water partition coefficient (Wildman–Crippen LogP) is 2.29. The zero-order chi connectivity index (χ0) is 14.4. The third kappa shape index (κ3) is 5.94. The zero-order valence-electron chi connectivity index (χ0n) is 12.5. The molecule has 2 rings (SSSR count). The van der Waals surface area contributed by atoms with Crippen molar-refractivity contribution in [3.8, 4) is 5.75 Å². The van der Waals surface area contributed by atoms with E-state index in [0.29, 0.717) is 18.9 Å². The molecule has 1 unspecified atom stereocenters. The Hall–Kier alpha value is -1.26. The fourth-order valence-corrected chi connectivity index (χ4v) is 2.39. The smallest absolute Gasteiger partial charge is 0.220 e. The molecule has 1 aliphatic carbocycles. The fourth-order valence-electron chi connectivity index (χ4n) is 2.39. The molecule has 0 aliphatic heterocycles. The van der Waals surface area contributed by atoms with Gasteiger partial charge in [0.2, 0.25) is 5.91 Å². The molecule has 0 radical (unpaired) electrons. The fraction of sp³-hybridized carbons (Fsp3) is 0.562. The maximum atomic E-state index is 11.8. The Morgan fingerprint density at radius 3 is 2.57 bits per heavy atom. The van der Waals surface area contributed by atoms with Crippen LogP contribution in [-0.4, -0.2) is 25.6 Å². The molecule has 1 aliphatic rings. The third-order valence-electron chi connectivity index (χ3n) is 3.82. The first-order valence-electron chi connectivity index (χ1n) is 7.35. The van der Waals surface area contributed by atoms with Crippen LogP contribution in [0.15, 0.2) is 24.3 Å². The van der Waals surface area contributed by atoms with Crippen LogP contribution in [0.25, 0.3) is 0 Å². The number of aryl methyl sites for hydroxylation is 1. The quantitative estimate of drug-likeness (QED) is 0.774. The van der Waals surface area contributed by atoms with Crippen molar-refractivity contribution < 1.29 is 9.53 Å². The van der Waals surface area contributed by atoms with Gasteiger partial charge < -0.3 is 15.8 Å². The van der Waals surface area contributed by atoms with Crippen molar-refractivity contribution in [1.82, 2.24) is 5.32 Å². The highest BCUT2D eigenvalue weighted by Crippen LogP contribution is 2.32. The number of methoxy groups -OCH3 is 1. The Labute approximate surface area is 132 Å². The first-order chi connectivity index (χ1) is 9.72. The number of carbonyl (C=O) groups excluding carboxylic acids is 1. The van der Waals surface area contributed by atoms with Crippen molar-refractivity contribution in [3.63, 3.8) is 0 Å². The number of rotatable bonds is 8. The van der Waals surface area contributed by atoms with Gasteiger partial charge in [-0.1, -0.05) is 12.1 Å². The summed E-state index contributed by atoms with van der Waals surface area (Å²) in [6.07, 6.45) is 4.74. The molecule has 1 saturated carbocycles. The molecule has 1 amide bonds. The number of nitrogens with two attached hydrogens (primary N) is 1. The summed E-state index contributed by atoms with van der Waals surface area (Å²) >= 11 is 0. The summed E-state index contributed by atoms with van der Waals surface area (Å²) in [6.45, 7) is 0.550. The molecule has 0 spiro atoms. The van der Waals surface area contributed by atoms with Gasteiger partial charge in [0.15, 0.2) is 0 Å². The van der Waals surface area contributed by atoms with Gasteiger partial charge in [-0.2, -0.15) is 0 Å². The van der Waals surface area contributed by atoms with E-state index in [4.69, 9.17) is 10.5 Å². The lowest BCUT2D eigenvalue weighted by molar-refractivity contribution is -0.122. The number of carbonyl (C=O) groups is 1. The van der Waals surface area contributed by atoms with Gasteiger partial charge in [-0.25, -0.2) is 0 Å². The number of ether oxygens (including phenoxy) is 1. The number of benzene rings is 1. The Kier molecular flexibility index (Phi) is 7.54. The first kappa shape index (κ1) is 17.8. The molecule has 1 atom stereocenters. The van der Waals surface area contributed by atoms with Crippen molar-refractivity contribution in [3.05, 3.63) is 29.8 Å². The number of halogens is 1. The van der Waals surface area contributed by atoms with Gasteiger partial charge in [-0.3, -0.25) is 4.79 Å². The lowest BCUT2D eigenvalue weighted by Gasteiger charge is -2.15. The average Bonchev–Trinajstić information content (AvgIpc) is 3.30. The van der Waals surface area contributed by atoms with Gasteiger partial charge in [-0.05, 0) is 49.3 Å². The molecule has 21 heavy (non-hydrogen) atoms. The van der Waals surface area contributed by atoms with Gasteiger partial charge in [0, 0.05) is 19.0 Å². The molecular formula is C16H25ClN2O2. The Morgan fingerprint density at radius 2 is 2.05 bits per heavy atom. The highest BCUT2D eigenvalue weighted by molar-refractivity contribution is 5.85. The maximum Gasteiger partial charge on any atom is 0.220 e. The van der Waals surface area contributed by atoms with E-state index in [1.54, 1.807) is 7.11 Å². The Balaban J connectivity index is 0.00000220. The van der Waals surface area contributed by atoms with E-state index in [1.165, 1.54) is 18.4 Å². The van der Waals surface area contributed by atoms with E-state index in [1.807, 2.05) is 24.3 Å². The number of hydrogen-bond acceptors (Lipinski definition) is 3. The van der Waals surface area contributed by atoms with Crippen LogP contribution >= 0.6 is 12.4 Å². The topological polar surface area (TPSA) is 64.3 Å². The monoisotopic (exact) mass is 312 g/mol. The van der Waals surface area contributed by atoms with Crippen LogP contribution in [0, 0.1) is 5.92 Å². The summed E-state index contributed by atoms with van der Waals surface area (Å²) in [4.78, 5) is 11.8. The van der Waals surface area contributed by atoms with Crippen LogP contribution < -0.4 is 15.8 Å². The average molecular weight is 313 g/mol. The summed E-state index contributed by atoms with van der Waals surface area (Å²) < 4.78 is 5.12. The molecule has 1 aromatic rings. The first-order valence-corrected chi connectivity index (χ1v) is 7.35. The van der Waals surface area contributed by atoms with Gasteiger partial charge in [0.05, 0.1) is 7.11 Å². The molecule has 1 fully saturated rings. The van der Waals surface area contributed by atoms with Gasteiger partial charge in [0.1, 0.15) is 5.75 Å². The molecule has 0 bridgehead atoms. The molecular weight excluding hydrogens is 288 g/mol. The van der Waals surface area contributed by atoms with E-state index in [9.17, 15) is 4.79 Å². The SMILES string of the molecule is COc1ccc(CCCC(=O)NC(CN)C2CC2)cc1.Cl. The number of hydrogen-bond donors (Lipinski definition) is 2. The van der Waals surface area contributed by atoms with E-state index in [0.717, 1.165) is 18.6 Å². The standard InChI is InChI=1S/C16H24N2O2.ClH/c1-20-14-9-5-12(6-10-14)3-2-4-16(19)18-15(11-17)13-7-8-13;/h5-6,9-10,13,15H,2-4,7-8,11,17H2,1H3,(H,18,19);1H. The molecule has 0 heterocycles. The van der Waals surface area contributed by atoms with Gasteiger partial charge >= 0.3 is 0 Å². The summed E-state index contributed by atoms with van der Waals surface area (Å²) in [5.74, 6) is 1.60. The maximum absolute atomic E-state index is 11.8. The molecule has 5 heteroatoms. The van der Waals surface area contributed by atoms with Crippen LogP contribution in [0.3, 0.4) is 0 Å². The number of amides is 1. The van der Waals surface area contributed by atoms with Crippen molar-refractivity contribution >= 4 is 18.3 Å². The van der Waals surface area contributed by atoms with Crippen molar-refractivity contribution in [1.29, 1.82) is 0 Å². The lowest BCUT2D eigenvalue weighted by atomic mass is 10.1. The van der Waals surface area contributed by atoms with Gasteiger partial charge in [0.25, 0.3) is 0 Å². The summed E-state index contributed by atoms with van der Waals surface area (Å²) in [5, 5.41) is 3.05. The van der Waals surface area contributed by atoms with Crippen molar-refractivity contribution in [2.75, 3.05) is 13.7 Å². The molecule has 0 saturated heterocycles. The summed E-state index contributed by atoms with van der Waals surface area (Å²) in [5.41, 5.74) is 6.92.